The molecule has 0 spiro atoms. The van der Waals surface area contributed by atoms with Crippen LogP contribution in [0.25, 0.3) is 11.5 Å². The Labute approximate surface area is 139 Å². The quantitative estimate of drug-likeness (QED) is 0.797. The van der Waals surface area contributed by atoms with E-state index < -0.39 is 0 Å². The van der Waals surface area contributed by atoms with Crippen molar-refractivity contribution in [2.75, 3.05) is 11.9 Å². The first kappa shape index (κ1) is 16.2. The fourth-order valence-corrected chi connectivity index (χ4v) is 3.34. The van der Waals surface area contributed by atoms with Crippen molar-refractivity contribution in [2.24, 2.45) is 0 Å². The van der Waals surface area contributed by atoms with Crippen LogP contribution in [0.15, 0.2) is 12.5 Å². The van der Waals surface area contributed by atoms with Crippen LogP contribution in [0.5, 0.6) is 0 Å². The number of nitrogens with one attached hydrogen (secondary N) is 1. The van der Waals surface area contributed by atoms with E-state index in [9.17, 15) is 0 Å². The smallest absolute Gasteiger partial charge is 0.180 e. The van der Waals surface area contributed by atoms with E-state index in [1.807, 2.05) is 12.5 Å². The maximum absolute atomic E-state index is 4.82. The first-order chi connectivity index (χ1) is 9.88. The highest BCUT2D eigenvalue weighted by atomic mass is 127. The fraction of sp³-hybridized carbons (Fsp3) is 0.533. The Bertz CT molecular complexity index is 627. The SMILES string of the molecule is CCNc1nc(-c2cncn2CC)nc(C(C)(C)C)c1I. The van der Waals surface area contributed by atoms with Gasteiger partial charge in [-0.2, -0.15) is 0 Å². The molecular weight excluding hydrogens is 377 g/mol. The zero-order valence-electron chi connectivity index (χ0n) is 13.2. The third kappa shape index (κ3) is 3.36. The molecule has 0 unspecified atom stereocenters. The van der Waals surface area contributed by atoms with E-state index in [0.29, 0.717) is 0 Å². The van der Waals surface area contributed by atoms with Crippen LogP contribution in [0, 0.1) is 3.57 Å². The van der Waals surface area contributed by atoms with E-state index in [0.717, 1.165) is 39.7 Å². The van der Waals surface area contributed by atoms with E-state index in [1.165, 1.54) is 0 Å². The van der Waals surface area contributed by atoms with Crippen LogP contribution in [0.4, 0.5) is 5.82 Å². The predicted molar refractivity (Wildman–Crippen MR) is 94.5 cm³/mol. The number of hydrogen-bond acceptors (Lipinski definition) is 4. The van der Waals surface area contributed by atoms with Gasteiger partial charge in [0.15, 0.2) is 5.82 Å². The summed E-state index contributed by atoms with van der Waals surface area (Å²) < 4.78 is 3.15. The van der Waals surface area contributed by atoms with Crippen LogP contribution >= 0.6 is 22.6 Å². The maximum Gasteiger partial charge on any atom is 0.180 e. The Morgan fingerprint density at radius 1 is 1.24 bits per heavy atom. The number of aromatic nitrogens is 4. The van der Waals surface area contributed by atoms with Gasteiger partial charge in [0.25, 0.3) is 0 Å². The zero-order chi connectivity index (χ0) is 15.6. The lowest BCUT2D eigenvalue weighted by molar-refractivity contribution is 0.563. The van der Waals surface area contributed by atoms with Gasteiger partial charge in [-0.25, -0.2) is 15.0 Å². The molecular formula is C15H22IN5. The topological polar surface area (TPSA) is 55.6 Å². The van der Waals surface area contributed by atoms with Crippen molar-refractivity contribution >= 4 is 28.4 Å². The highest BCUT2D eigenvalue weighted by Crippen LogP contribution is 2.31. The molecule has 5 nitrogen and oxygen atoms in total. The van der Waals surface area contributed by atoms with Crippen LogP contribution in [0.1, 0.15) is 40.3 Å². The summed E-state index contributed by atoms with van der Waals surface area (Å²) in [7, 11) is 0. The predicted octanol–water partition coefficient (Wildman–Crippen LogP) is 3.69. The molecule has 0 aliphatic rings. The van der Waals surface area contributed by atoms with Gasteiger partial charge in [0.05, 0.1) is 21.8 Å². The third-order valence-corrected chi connectivity index (χ3v) is 4.21. The zero-order valence-corrected chi connectivity index (χ0v) is 15.4. The Kier molecular flexibility index (Phi) is 4.85. The molecule has 21 heavy (non-hydrogen) atoms. The summed E-state index contributed by atoms with van der Waals surface area (Å²) in [5, 5.41) is 3.34. The molecule has 2 aromatic rings. The van der Waals surface area contributed by atoms with Crippen molar-refractivity contribution in [3.63, 3.8) is 0 Å². The lowest BCUT2D eigenvalue weighted by atomic mass is 9.92. The molecule has 0 saturated heterocycles. The molecule has 114 valence electrons. The maximum atomic E-state index is 4.82. The van der Waals surface area contributed by atoms with Crippen LogP contribution in [0.3, 0.4) is 0 Å². The Morgan fingerprint density at radius 3 is 2.52 bits per heavy atom. The number of nitrogens with zero attached hydrogens (tertiary/aromatic N) is 4. The van der Waals surface area contributed by atoms with Crippen molar-refractivity contribution in [1.29, 1.82) is 0 Å². The van der Waals surface area contributed by atoms with E-state index in [1.54, 1.807) is 0 Å². The highest BCUT2D eigenvalue weighted by molar-refractivity contribution is 14.1. The molecule has 0 aromatic carbocycles. The van der Waals surface area contributed by atoms with E-state index >= 15 is 0 Å². The van der Waals surface area contributed by atoms with Crippen molar-refractivity contribution < 1.29 is 0 Å². The molecule has 0 saturated carbocycles. The summed E-state index contributed by atoms with van der Waals surface area (Å²) in [5.41, 5.74) is 1.99. The second-order valence-corrected chi connectivity index (χ2v) is 6.98. The average molecular weight is 399 g/mol. The molecule has 0 bridgehead atoms. The van der Waals surface area contributed by atoms with E-state index in [-0.39, 0.29) is 5.41 Å². The van der Waals surface area contributed by atoms with Gasteiger partial charge in [0, 0.05) is 18.5 Å². The minimum Gasteiger partial charge on any atom is -0.369 e. The second kappa shape index (κ2) is 6.29. The van der Waals surface area contributed by atoms with Crippen molar-refractivity contribution in [1.82, 2.24) is 19.5 Å². The first-order valence-electron chi connectivity index (χ1n) is 7.20. The largest absolute Gasteiger partial charge is 0.369 e. The van der Waals surface area contributed by atoms with Gasteiger partial charge in [-0.3, -0.25) is 0 Å². The first-order valence-corrected chi connectivity index (χ1v) is 8.28. The Balaban J connectivity index is 2.64. The molecule has 2 rings (SSSR count). The van der Waals surface area contributed by atoms with E-state index in [4.69, 9.17) is 9.97 Å². The fourth-order valence-electron chi connectivity index (χ4n) is 2.10. The molecule has 2 aromatic heterocycles. The van der Waals surface area contributed by atoms with Gasteiger partial charge in [0.1, 0.15) is 11.5 Å². The molecule has 2 heterocycles. The van der Waals surface area contributed by atoms with Gasteiger partial charge < -0.3 is 9.88 Å². The summed E-state index contributed by atoms with van der Waals surface area (Å²) >= 11 is 2.33. The van der Waals surface area contributed by atoms with E-state index in [2.05, 4.69) is 72.1 Å². The van der Waals surface area contributed by atoms with Crippen molar-refractivity contribution in [2.45, 2.75) is 46.6 Å². The molecule has 0 radical (unpaired) electrons. The molecule has 6 heteroatoms. The number of hydrogen-bond donors (Lipinski definition) is 1. The normalized spacial score (nSPS) is 11.7. The highest BCUT2D eigenvalue weighted by Gasteiger charge is 2.24. The van der Waals surface area contributed by atoms with Crippen molar-refractivity contribution in [3.8, 4) is 11.5 Å². The summed E-state index contributed by atoms with van der Waals surface area (Å²) in [5.74, 6) is 1.63. The van der Waals surface area contributed by atoms with Gasteiger partial charge in [0.2, 0.25) is 0 Å². The number of rotatable bonds is 4. The third-order valence-electron chi connectivity index (χ3n) is 3.19. The second-order valence-electron chi connectivity index (χ2n) is 5.90. The standard InChI is InChI=1S/C15H22IN5/c1-6-18-14-11(16)12(15(3,4)5)19-13(20-14)10-8-17-9-21(10)7-2/h8-9H,6-7H2,1-5H3,(H,18,19,20). The molecule has 0 amide bonds. The number of aryl methyl sites for hydroxylation is 1. The monoisotopic (exact) mass is 399 g/mol. The summed E-state index contributed by atoms with van der Waals surface area (Å²) in [6, 6.07) is 0. The summed E-state index contributed by atoms with van der Waals surface area (Å²) in [6.07, 6.45) is 3.65. The average Bonchev–Trinajstić information content (AvgIpc) is 2.88. The lowest BCUT2D eigenvalue weighted by Gasteiger charge is -2.22. The Morgan fingerprint density at radius 2 is 1.95 bits per heavy atom. The van der Waals surface area contributed by atoms with Gasteiger partial charge in [-0.05, 0) is 36.4 Å². The minimum absolute atomic E-state index is 0.0323. The molecule has 0 atom stereocenters. The van der Waals surface area contributed by atoms with Gasteiger partial charge in [-0.1, -0.05) is 20.8 Å². The van der Waals surface area contributed by atoms with Gasteiger partial charge >= 0.3 is 0 Å². The molecule has 1 N–H and O–H groups in total. The number of halogens is 1. The minimum atomic E-state index is -0.0323. The summed E-state index contributed by atoms with van der Waals surface area (Å²) in [6.45, 7) is 12.4. The summed E-state index contributed by atoms with van der Waals surface area (Å²) in [4.78, 5) is 13.7. The molecule has 0 aliphatic heterocycles. The van der Waals surface area contributed by atoms with Crippen molar-refractivity contribution in [3.05, 3.63) is 21.8 Å². The number of anilines is 1. The van der Waals surface area contributed by atoms with Crippen LogP contribution in [-0.4, -0.2) is 26.1 Å². The number of imidazole rings is 1. The Hall–Kier alpha value is -1.18. The van der Waals surface area contributed by atoms with Crippen LogP contribution in [-0.2, 0) is 12.0 Å². The van der Waals surface area contributed by atoms with Crippen LogP contribution in [0.2, 0.25) is 0 Å². The molecule has 0 fully saturated rings. The molecule has 0 aliphatic carbocycles. The lowest BCUT2D eigenvalue weighted by Crippen LogP contribution is -2.19. The van der Waals surface area contributed by atoms with Crippen LogP contribution < -0.4 is 5.32 Å². The van der Waals surface area contributed by atoms with Gasteiger partial charge in [-0.15, -0.1) is 0 Å².